The second-order valence-corrected chi connectivity index (χ2v) is 4.59. The van der Waals surface area contributed by atoms with Gasteiger partial charge in [-0.15, -0.1) is 10.2 Å². The number of aryl methyl sites for hydroxylation is 1. The van der Waals surface area contributed by atoms with E-state index in [9.17, 15) is 5.11 Å². The molecule has 1 unspecified atom stereocenters. The predicted molar refractivity (Wildman–Crippen MR) is 61.3 cm³/mol. The Hall–Kier alpha value is -0.940. The van der Waals surface area contributed by atoms with Crippen molar-refractivity contribution in [2.24, 2.45) is 0 Å². The molecule has 2 rings (SSSR count). The number of aromatic nitrogens is 3. The molecule has 0 saturated carbocycles. The van der Waals surface area contributed by atoms with Crippen molar-refractivity contribution in [1.82, 2.24) is 20.1 Å². The molecule has 1 aliphatic heterocycles. The maximum atomic E-state index is 9.48. The third kappa shape index (κ3) is 2.41. The van der Waals surface area contributed by atoms with Crippen molar-refractivity contribution in [3.05, 3.63) is 11.6 Å². The molecule has 0 spiro atoms. The summed E-state index contributed by atoms with van der Waals surface area (Å²) in [4.78, 5) is 0. The minimum Gasteiger partial charge on any atom is -0.392 e. The molecule has 1 atom stereocenters. The second kappa shape index (κ2) is 4.93. The molecular weight excluding hydrogens is 204 g/mol. The normalized spacial score (nSPS) is 19.9. The highest BCUT2D eigenvalue weighted by Gasteiger charge is 2.22. The molecule has 1 aromatic rings. The number of hydrogen-bond donors (Lipinski definition) is 2. The van der Waals surface area contributed by atoms with Crippen molar-refractivity contribution in [2.45, 2.75) is 45.3 Å². The zero-order valence-electron chi connectivity index (χ0n) is 9.98. The third-order valence-electron chi connectivity index (χ3n) is 3.12. The first kappa shape index (κ1) is 11.5. The van der Waals surface area contributed by atoms with E-state index in [1.807, 2.05) is 6.92 Å². The molecule has 1 saturated heterocycles. The number of piperidine rings is 1. The first-order chi connectivity index (χ1) is 7.68. The van der Waals surface area contributed by atoms with Gasteiger partial charge in [0.05, 0.1) is 12.6 Å². The number of aliphatic hydroxyl groups is 1. The van der Waals surface area contributed by atoms with E-state index in [2.05, 4.69) is 20.1 Å². The Labute approximate surface area is 95.9 Å². The molecule has 0 aliphatic carbocycles. The van der Waals surface area contributed by atoms with E-state index in [1.54, 1.807) is 6.92 Å². The highest BCUT2D eigenvalue weighted by Crippen LogP contribution is 2.24. The van der Waals surface area contributed by atoms with Gasteiger partial charge in [0.2, 0.25) is 0 Å². The number of nitrogens with one attached hydrogen (secondary N) is 1. The van der Waals surface area contributed by atoms with Gasteiger partial charge in [0.25, 0.3) is 0 Å². The summed E-state index contributed by atoms with van der Waals surface area (Å²) < 4.78 is 2.06. The van der Waals surface area contributed by atoms with Crippen LogP contribution in [-0.2, 0) is 6.54 Å². The molecule has 1 aromatic heterocycles. The summed E-state index contributed by atoms with van der Waals surface area (Å²) in [5.74, 6) is 2.43. The zero-order valence-corrected chi connectivity index (χ0v) is 9.98. The summed E-state index contributed by atoms with van der Waals surface area (Å²) in [5.41, 5.74) is 0. The highest BCUT2D eigenvalue weighted by atomic mass is 16.3. The van der Waals surface area contributed by atoms with Crippen LogP contribution in [0.1, 0.15) is 37.3 Å². The van der Waals surface area contributed by atoms with Gasteiger partial charge < -0.3 is 15.0 Å². The average molecular weight is 224 g/mol. The van der Waals surface area contributed by atoms with Crippen LogP contribution in [0.5, 0.6) is 0 Å². The van der Waals surface area contributed by atoms with Crippen LogP contribution in [0.25, 0.3) is 0 Å². The second-order valence-electron chi connectivity index (χ2n) is 4.59. The Balaban J connectivity index is 2.18. The van der Waals surface area contributed by atoms with E-state index in [0.29, 0.717) is 12.5 Å². The van der Waals surface area contributed by atoms with Crippen LogP contribution in [-0.4, -0.2) is 39.1 Å². The lowest BCUT2D eigenvalue weighted by Crippen LogP contribution is -2.29. The molecular formula is C11H20N4O. The van der Waals surface area contributed by atoms with Gasteiger partial charge in [-0.05, 0) is 39.8 Å². The zero-order chi connectivity index (χ0) is 11.5. The number of rotatable bonds is 3. The van der Waals surface area contributed by atoms with Gasteiger partial charge in [-0.25, -0.2) is 0 Å². The lowest BCUT2D eigenvalue weighted by atomic mass is 9.97. The maximum Gasteiger partial charge on any atom is 0.136 e. The average Bonchev–Trinajstić information content (AvgIpc) is 2.61. The van der Waals surface area contributed by atoms with Crippen LogP contribution in [0.2, 0.25) is 0 Å². The van der Waals surface area contributed by atoms with Crippen molar-refractivity contribution in [1.29, 1.82) is 0 Å². The summed E-state index contributed by atoms with van der Waals surface area (Å²) >= 11 is 0. The molecule has 0 amide bonds. The molecule has 90 valence electrons. The summed E-state index contributed by atoms with van der Waals surface area (Å²) in [6, 6.07) is 0. The number of hydrogen-bond acceptors (Lipinski definition) is 4. The topological polar surface area (TPSA) is 63.0 Å². The molecule has 0 bridgehead atoms. The van der Waals surface area contributed by atoms with Gasteiger partial charge >= 0.3 is 0 Å². The maximum absolute atomic E-state index is 9.48. The molecule has 5 heteroatoms. The van der Waals surface area contributed by atoms with Crippen molar-refractivity contribution in [3.63, 3.8) is 0 Å². The molecule has 2 N–H and O–H groups in total. The number of aliphatic hydroxyl groups excluding tert-OH is 1. The first-order valence-corrected chi connectivity index (χ1v) is 5.97. The van der Waals surface area contributed by atoms with E-state index >= 15 is 0 Å². The highest BCUT2D eigenvalue weighted by molar-refractivity contribution is 5.03. The van der Waals surface area contributed by atoms with Crippen LogP contribution in [0.3, 0.4) is 0 Å². The van der Waals surface area contributed by atoms with E-state index in [4.69, 9.17) is 0 Å². The Morgan fingerprint density at radius 2 is 2.12 bits per heavy atom. The van der Waals surface area contributed by atoms with E-state index < -0.39 is 0 Å². The van der Waals surface area contributed by atoms with Crippen molar-refractivity contribution in [3.8, 4) is 0 Å². The smallest absolute Gasteiger partial charge is 0.136 e. The van der Waals surface area contributed by atoms with Gasteiger partial charge in [0.15, 0.2) is 0 Å². The molecule has 1 fully saturated rings. The van der Waals surface area contributed by atoms with Crippen LogP contribution >= 0.6 is 0 Å². The molecule has 1 aliphatic rings. The third-order valence-corrected chi connectivity index (χ3v) is 3.12. The fourth-order valence-electron chi connectivity index (χ4n) is 2.27. The Kier molecular flexibility index (Phi) is 3.56. The SMILES string of the molecule is Cc1nnc(C2CCNCC2)n1CC(C)O. The lowest BCUT2D eigenvalue weighted by Gasteiger charge is -2.23. The summed E-state index contributed by atoms with van der Waals surface area (Å²) in [6.45, 7) is 6.43. The van der Waals surface area contributed by atoms with Crippen LogP contribution < -0.4 is 5.32 Å². The van der Waals surface area contributed by atoms with Gasteiger partial charge in [-0.3, -0.25) is 0 Å². The predicted octanol–water partition coefficient (Wildman–Crippen LogP) is 0.434. The van der Waals surface area contributed by atoms with Gasteiger partial charge in [0, 0.05) is 5.92 Å². The van der Waals surface area contributed by atoms with Crippen LogP contribution in [0.4, 0.5) is 0 Å². The molecule has 16 heavy (non-hydrogen) atoms. The fraction of sp³-hybridized carbons (Fsp3) is 0.818. The summed E-state index contributed by atoms with van der Waals surface area (Å²) in [7, 11) is 0. The molecule has 0 radical (unpaired) electrons. The first-order valence-electron chi connectivity index (χ1n) is 5.97. The summed E-state index contributed by atoms with van der Waals surface area (Å²) in [5, 5.41) is 21.2. The van der Waals surface area contributed by atoms with E-state index in [1.165, 1.54) is 0 Å². The van der Waals surface area contributed by atoms with Crippen molar-refractivity contribution >= 4 is 0 Å². The largest absolute Gasteiger partial charge is 0.392 e. The number of nitrogens with zero attached hydrogens (tertiary/aromatic N) is 3. The molecule has 2 heterocycles. The van der Waals surface area contributed by atoms with Gasteiger partial charge in [-0.2, -0.15) is 0 Å². The monoisotopic (exact) mass is 224 g/mol. The minimum absolute atomic E-state index is 0.352. The Morgan fingerprint density at radius 1 is 1.44 bits per heavy atom. The molecule has 5 nitrogen and oxygen atoms in total. The Bertz CT molecular complexity index is 342. The summed E-state index contributed by atoms with van der Waals surface area (Å²) in [6.07, 6.45) is 1.87. The van der Waals surface area contributed by atoms with Crippen LogP contribution in [0.15, 0.2) is 0 Å². The minimum atomic E-state index is -0.352. The lowest BCUT2D eigenvalue weighted by molar-refractivity contribution is 0.170. The standard InChI is InChI=1S/C11H20N4O/c1-8(16)7-15-9(2)13-14-11(15)10-3-5-12-6-4-10/h8,10,12,16H,3-7H2,1-2H3. The van der Waals surface area contributed by atoms with Gasteiger partial charge in [-0.1, -0.05) is 0 Å². The van der Waals surface area contributed by atoms with Crippen molar-refractivity contribution in [2.75, 3.05) is 13.1 Å². The van der Waals surface area contributed by atoms with Gasteiger partial charge in [0.1, 0.15) is 11.6 Å². The van der Waals surface area contributed by atoms with Crippen LogP contribution in [0, 0.1) is 6.92 Å². The fourth-order valence-corrected chi connectivity index (χ4v) is 2.27. The van der Waals surface area contributed by atoms with Crippen molar-refractivity contribution < 1.29 is 5.11 Å². The Morgan fingerprint density at radius 3 is 2.75 bits per heavy atom. The molecule has 0 aromatic carbocycles. The van der Waals surface area contributed by atoms with E-state index in [0.717, 1.165) is 37.6 Å². The van der Waals surface area contributed by atoms with E-state index in [-0.39, 0.29) is 6.10 Å². The quantitative estimate of drug-likeness (QED) is 0.782.